The van der Waals surface area contributed by atoms with Gasteiger partial charge in [0.1, 0.15) is 0 Å². The van der Waals surface area contributed by atoms with E-state index in [1.54, 1.807) is 12.3 Å². The smallest absolute Gasteiger partial charge is 0.272 e. The molecule has 26 heavy (non-hydrogen) atoms. The van der Waals surface area contributed by atoms with Crippen molar-refractivity contribution in [3.8, 4) is 0 Å². The highest BCUT2D eigenvalue weighted by molar-refractivity contribution is 9.10. The van der Waals surface area contributed by atoms with Crippen LogP contribution in [0.3, 0.4) is 0 Å². The number of fused-ring (bicyclic) bond motifs is 1. The molecule has 1 unspecified atom stereocenters. The Morgan fingerprint density at radius 1 is 1.31 bits per heavy atom. The van der Waals surface area contributed by atoms with E-state index in [-0.39, 0.29) is 11.4 Å². The molecule has 1 atom stereocenters. The van der Waals surface area contributed by atoms with Crippen LogP contribution in [-0.2, 0) is 0 Å². The lowest BCUT2D eigenvalue weighted by Gasteiger charge is -2.45. The Labute approximate surface area is 163 Å². The molecule has 5 heteroatoms. The van der Waals surface area contributed by atoms with Crippen molar-refractivity contribution in [3.63, 3.8) is 0 Å². The van der Waals surface area contributed by atoms with E-state index in [1.165, 1.54) is 11.3 Å². The summed E-state index contributed by atoms with van der Waals surface area (Å²) >= 11 is 3.38. The van der Waals surface area contributed by atoms with Crippen molar-refractivity contribution in [2.45, 2.75) is 38.6 Å². The molecule has 1 amide bonds. The Morgan fingerprint density at radius 2 is 2.04 bits per heavy atom. The quantitative estimate of drug-likeness (QED) is 0.572. The first-order valence-corrected chi connectivity index (χ1v) is 9.54. The number of amides is 1. The Bertz CT molecular complexity index is 860. The molecule has 0 spiro atoms. The number of carbonyl (C=O) groups is 1. The van der Waals surface area contributed by atoms with Gasteiger partial charge in [0, 0.05) is 22.7 Å². The van der Waals surface area contributed by atoms with Gasteiger partial charge in [-0.15, -0.1) is 0 Å². The maximum absolute atomic E-state index is 12.2. The molecule has 0 bridgehead atoms. The highest BCUT2D eigenvalue weighted by atomic mass is 79.9. The van der Waals surface area contributed by atoms with Gasteiger partial charge < -0.3 is 4.90 Å². The topological polar surface area (TPSA) is 44.7 Å². The minimum Gasteiger partial charge on any atom is -0.369 e. The van der Waals surface area contributed by atoms with Crippen LogP contribution in [-0.4, -0.2) is 24.7 Å². The van der Waals surface area contributed by atoms with Crippen LogP contribution < -0.4 is 10.3 Å². The SMILES string of the molecule is CC1CC(C)(C)N(C)c2ccc(/C=N\NC(=O)c3ccccc3Br)cc21. The molecule has 3 rings (SSSR count). The summed E-state index contributed by atoms with van der Waals surface area (Å²) in [6.07, 6.45) is 2.80. The molecular formula is C21H24BrN3O. The Morgan fingerprint density at radius 3 is 2.77 bits per heavy atom. The van der Waals surface area contributed by atoms with Crippen molar-refractivity contribution < 1.29 is 4.79 Å². The van der Waals surface area contributed by atoms with Crippen LogP contribution in [0.15, 0.2) is 52.0 Å². The third-order valence-corrected chi connectivity index (χ3v) is 5.85. The molecular weight excluding hydrogens is 390 g/mol. The second kappa shape index (κ2) is 7.23. The third kappa shape index (κ3) is 3.68. The number of nitrogens with zero attached hydrogens (tertiary/aromatic N) is 2. The lowest BCUT2D eigenvalue weighted by Crippen LogP contribution is -2.45. The molecule has 1 aliphatic rings. The molecule has 4 nitrogen and oxygen atoms in total. The van der Waals surface area contributed by atoms with Gasteiger partial charge in [-0.2, -0.15) is 5.10 Å². The number of rotatable bonds is 3. The summed E-state index contributed by atoms with van der Waals surface area (Å²) in [6, 6.07) is 13.6. The highest BCUT2D eigenvalue weighted by Gasteiger charge is 2.33. The second-order valence-electron chi connectivity index (χ2n) is 7.47. The zero-order chi connectivity index (χ0) is 18.9. The molecule has 1 heterocycles. The van der Waals surface area contributed by atoms with Crippen LogP contribution in [0, 0.1) is 0 Å². The molecule has 0 aromatic heterocycles. The number of nitrogens with one attached hydrogen (secondary N) is 1. The molecule has 0 radical (unpaired) electrons. The van der Waals surface area contributed by atoms with Gasteiger partial charge in [0.05, 0.1) is 11.8 Å². The van der Waals surface area contributed by atoms with E-state index in [2.05, 4.69) is 71.3 Å². The van der Waals surface area contributed by atoms with Crippen molar-refractivity contribution in [1.82, 2.24) is 5.43 Å². The first-order valence-electron chi connectivity index (χ1n) is 8.75. The molecule has 1 N–H and O–H groups in total. The first-order chi connectivity index (χ1) is 12.3. The monoisotopic (exact) mass is 413 g/mol. The molecule has 2 aromatic carbocycles. The fraction of sp³-hybridized carbons (Fsp3) is 0.333. The minimum absolute atomic E-state index is 0.152. The van der Waals surface area contributed by atoms with Gasteiger partial charge in [0.25, 0.3) is 5.91 Å². The zero-order valence-corrected chi connectivity index (χ0v) is 17.2. The van der Waals surface area contributed by atoms with Crippen LogP contribution in [0.4, 0.5) is 5.69 Å². The average molecular weight is 414 g/mol. The van der Waals surface area contributed by atoms with E-state index in [0.29, 0.717) is 11.5 Å². The van der Waals surface area contributed by atoms with Gasteiger partial charge in [0.15, 0.2) is 0 Å². The number of carbonyl (C=O) groups excluding carboxylic acids is 1. The van der Waals surface area contributed by atoms with E-state index in [1.807, 2.05) is 24.3 Å². The maximum atomic E-state index is 12.2. The molecule has 1 aliphatic heterocycles. The van der Waals surface area contributed by atoms with Crippen LogP contribution in [0.2, 0.25) is 0 Å². The van der Waals surface area contributed by atoms with Crippen molar-refractivity contribution in [1.29, 1.82) is 0 Å². The summed E-state index contributed by atoms with van der Waals surface area (Å²) in [5.74, 6) is 0.251. The Balaban J connectivity index is 1.76. The number of hydrogen-bond donors (Lipinski definition) is 1. The minimum atomic E-state index is -0.235. The number of halogens is 1. The van der Waals surface area contributed by atoms with E-state index in [9.17, 15) is 4.79 Å². The summed E-state index contributed by atoms with van der Waals surface area (Å²) in [4.78, 5) is 14.5. The van der Waals surface area contributed by atoms with Gasteiger partial charge in [-0.1, -0.05) is 25.1 Å². The van der Waals surface area contributed by atoms with E-state index >= 15 is 0 Å². The molecule has 136 valence electrons. The Kier molecular flexibility index (Phi) is 5.19. The predicted octanol–water partition coefficient (Wildman–Crippen LogP) is 4.94. The van der Waals surface area contributed by atoms with Crippen molar-refractivity contribution in [2.75, 3.05) is 11.9 Å². The van der Waals surface area contributed by atoms with E-state index in [0.717, 1.165) is 16.5 Å². The molecule has 0 fully saturated rings. The molecule has 2 aromatic rings. The van der Waals surface area contributed by atoms with Crippen LogP contribution in [0.5, 0.6) is 0 Å². The van der Waals surface area contributed by atoms with Gasteiger partial charge in [-0.05, 0) is 77.5 Å². The van der Waals surface area contributed by atoms with Crippen LogP contribution in [0.25, 0.3) is 0 Å². The number of anilines is 1. The zero-order valence-electron chi connectivity index (χ0n) is 15.6. The normalized spacial score (nSPS) is 18.7. The standard InChI is InChI=1S/C21H24BrN3O/c1-14-12-21(2,3)25(4)19-10-9-15(11-17(14)19)13-23-24-20(26)16-7-5-6-8-18(16)22/h5-11,13-14H,12H2,1-4H3,(H,24,26)/b23-13-. The second-order valence-corrected chi connectivity index (χ2v) is 8.33. The van der Waals surface area contributed by atoms with Gasteiger partial charge in [-0.3, -0.25) is 4.79 Å². The van der Waals surface area contributed by atoms with Crippen molar-refractivity contribution in [3.05, 3.63) is 63.6 Å². The molecule has 0 aliphatic carbocycles. The fourth-order valence-corrected chi connectivity index (χ4v) is 4.01. The number of hydrogen-bond acceptors (Lipinski definition) is 3. The summed E-state index contributed by atoms with van der Waals surface area (Å²) in [5, 5.41) is 4.12. The van der Waals surface area contributed by atoms with Crippen molar-refractivity contribution in [2.24, 2.45) is 5.10 Å². The highest BCUT2D eigenvalue weighted by Crippen LogP contribution is 2.42. The number of benzene rings is 2. The Hall–Kier alpha value is -2.14. The van der Waals surface area contributed by atoms with Crippen LogP contribution >= 0.6 is 15.9 Å². The maximum Gasteiger partial charge on any atom is 0.272 e. The lowest BCUT2D eigenvalue weighted by atomic mass is 9.80. The summed E-state index contributed by atoms with van der Waals surface area (Å²) in [7, 11) is 2.15. The summed E-state index contributed by atoms with van der Waals surface area (Å²) in [5.41, 5.74) is 6.88. The largest absolute Gasteiger partial charge is 0.369 e. The molecule has 0 saturated carbocycles. The third-order valence-electron chi connectivity index (χ3n) is 5.16. The summed E-state index contributed by atoms with van der Waals surface area (Å²) in [6.45, 7) is 6.82. The van der Waals surface area contributed by atoms with Gasteiger partial charge in [0.2, 0.25) is 0 Å². The van der Waals surface area contributed by atoms with E-state index in [4.69, 9.17) is 0 Å². The number of hydrazone groups is 1. The predicted molar refractivity (Wildman–Crippen MR) is 111 cm³/mol. The van der Waals surface area contributed by atoms with Gasteiger partial charge >= 0.3 is 0 Å². The summed E-state index contributed by atoms with van der Waals surface area (Å²) < 4.78 is 0.751. The lowest BCUT2D eigenvalue weighted by molar-refractivity contribution is 0.0954. The van der Waals surface area contributed by atoms with Gasteiger partial charge in [-0.25, -0.2) is 5.43 Å². The van der Waals surface area contributed by atoms with E-state index < -0.39 is 0 Å². The fourth-order valence-electron chi connectivity index (χ4n) is 3.55. The first kappa shape index (κ1) is 18.6. The van der Waals surface area contributed by atoms with Crippen molar-refractivity contribution >= 4 is 33.7 Å². The molecule has 0 saturated heterocycles. The average Bonchev–Trinajstić information content (AvgIpc) is 2.60. The van der Waals surface area contributed by atoms with Crippen LogP contribution in [0.1, 0.15) is 54.6 Å².